The van der Waals surface area contributed by atoms with Crippen LogP contribution in [0.15, 0.2) is 48.8 Å². The average Bonchev–Trinajstić information content (AvgIpc) is 2.67. The van der Waals surface area contributed by atoms with Gasteiger partial charge in [0.25, 0.3) is 0 Å². The van der Waals surface area contributed by atoms with Gasteiger partial charge >= 0.3 is 6.18 Å². The average molecular weight is 394 g/mol. The molecule has 0 saturated carbocycles. The summed E-state index contributed by atoms with van der Waals surface area (Å²) in [7, 11) is 0. The molecule has 0 aliphatic carbocycles. The fourth-order valence-electron chi connectivity index (χ4n) is 2.96. The maximum Gasteiger partial charge on any atom is 0.416 e. The number of piperazine rings is 1. The summed E-state index contributed by atoms with van der Waals surface area (Å²) in [5.74, 6) is 0. The van der Waals surface area contributed by atoms with E-state index in [0.717, 1.165) is 51.3 Å². The first-order chi connectivity index (χ1) is 12.9. The molecule has 1 fully saturated rings. The molecule has 2 heterocycles. The van der Waals surface area contributed by atoms with Crippen molar-refractivity contribution in [2.45, 2.75) is 12.6 Å². The number of thiocarbonyl (C=S) groups is 1. The highest BCUT2D eigenvalue weighted by Gasteiger charge is 2.30. The van der Waals surface area contributed by atoms with Crippen LogP contribution in [0, 0.1) is 0 Å². The Morgan fingerprint density at radius 2 is 1.63 bits per heavy atom. The molecular weight excluding hydrogens is 373 g/mol. The van der Waals surface area contributed by atoms with Crippen LogP contribution >= 0.6 is 12.2 Å². The van der Waals surface area contributed by atoms with Crippen LogP contribution < -0.4 is 5.32 Å². The minimum atomic E-state index is -4.33. The standard InChI is InChI=1S/C19H21F3N4S/c20-19(21,22)16-1-3-17(4-2-16)24-18(27)26-13-11-25(12-14-26)10-7-15-5-8-23-9-6-15/h1-6,8-9H,7,10-14H2,(H,24,27). The number of hydrogen-bond acceptors (Lipinski definition) is 3. The van der Waals surface area contributed by atoms with Gasteiger partial charge in [0.05, 0.1) is 5.56 Å². The molecule has 1 aromatic heterocycles. The molecule has 4 nitrogen and oxygen atoms in total. The predicted molar refractivity (Wildman–Crippen MR) is 104 cm³/mol. The molecule has 0 bridgehead atoms. The van der Waals surface area contributed by atoms with E-state index in [1.807, 2.05) is 12.1 Å². The quantitative estimate of drug-likeness (QED) is 0.800. The molecule has 1 aliphatic heterocycles. The number of rotatable bonds is 4. The number of nitrogens with one attached hydrogen (secondary N) is 1. The summed E-state index contributed by atoms with van der Waals surface area (Å²) in [5, 5.41) is 3.57. The van der Waals surface area contributed by atoms with Crippen LogP contribution in [-0.2, 0) is 12.6 Å². The van der Waals surface area contributed by atoms with Crippen molar-refractivity contribution in [3.8, 4) is 0 Å². The lowest BCUT2D eigenvalue weighted by molar-refractivity contribution is -0.137. The summed E-state index contributed by atoms with van der Waals surface area (Å²) in [6.07, 6.45) is 0.264. The van der Waals surface area contributed by atoms with Gasteiger partial charge in [0, 0.05) is 50.8 Å². The molecule has 0 amide bonds. The Hall–Kier alpha value is -2.19. The molecule has 2 aromatic rings. The third kappa shape index (κ3) is 5.64. The van der Waals surface area contributed by atoms with E-state index in [4.69, 9.17) is 12.2 Å². The van der Waals surface area contributed by atoms with E-state index in [0.29, 0.717) is 10.8 Å². The van der Waals surface area contributed by atoms with Crippen molar-refractivity contribution in [2.24, 2.45) is 0 Å². The van der Waals surface area contributed by atoms with Crippen LogP contribution in [0.3, 0.4) is 0 Å². The lowest BCUT2D eigenvalue weighted by Crippen LogP contribution is -2.50. The zero-order valence-electron chi connectivity index (χ0n) is 14.7. The SMILES string of the molecule is FC(F)(F)c1ccc(NC(=S)N2CCN(CCc3ccncc3)CC2)cc1. The van der Waals surface area contributed by atoms with Crippen LogP contribution in [0.4, 0.5) is 18.9 Å². The highest BCUT2D eigenvalue weighted by Crippen LogP contribution is 2.29. The minimum Gasteiger partial charge on any atom is -0.346 e. The maximum absolute atomic E-state index is 12.6. The molecule has 144 valence electrons. The monoisotopic (exact) mass is 394 g/mol. The number of anilines is 1. The van der Waals surface area contributed by atoms with Gasteiger partial charge in [0.2, 0.25) is 0 Å². The number of aromatic nitrogens is 1. The fraction of sp³-hybridized carbons (Fsp3) is 0.368. The molecule has 0 radical (unpaired) electrons. The van der Waals surface area contributed by atoms with Gasteiger partial charge in [0.15, 0.2) is 5.11 Å². The van der Waals surface area contributed by atoms with E-state index in [1.165, 1.54) is 17.7 Å². The minimum absolute atomic E-state index is 0.545. The zero-order valence-corrected chi connectivity index (χ0v) is 15.6. The highest BCUT2D eigenvalue weighted by molar-refractivity contribution is 7.80. The molecule has 0 spiro atoms. The molecule has 1 aliphatic rings. The van der Waals surface area contributed by atoms with E-state index >= 15 is 0 Å². The van der Waals surface area contributed by atoms with E-state index in [2.05, 4.69) is 20.1 Å². The molecule has 1 saturated heterocycles. The predicted octanol–water partition coefficient (Wildman–Crippen LogP) is 3.66. The lowest BCUT2D eigenvalue weighted by atomic mass is 10.2. The van der Waals surface area contributed by atoms with Gasteiger partial charge in [-0.25, -0.2) is 0 Å². The van der Waals surface area contributed by atoms with Crippen molar-refractivity contribution in [3.05, 3.63) is 59.9 Å². The topological polar surface area (TPSA) is 31.4 Å². The Morgan fingerprint density at radius 1 is 1.00 bits per heavy atom. The van der Waals surface area contributed by atoms with Crippen LogP contribution in [0.25, 0.3) is 0 Å². The number of halogens is 3. The molecule has 1 aromatic carbocycles. The van der Waals surface area contributed by atoms with Crippen molar-refractivity contribution in [3.63, 3.8) is 0 Å². The van der Waals surface area contributed by atoms with E-state index in [-0.39, 0.29) is 0 Å². The second kappa shape index (κ2) is 8.67. The zero-order chi connectivity index (χ0) is 19.3. The molecule has 8 heteroatoms. The highest BCUT2D eigenvalue weighted by atomic mass is 32.1. The largest absolute Gasteiger partial charge is 0.416 e. The van der Waals surface area contributed by atoms with Crippen LogP contribution in [0.2, 0.25) is 0 Å². The van der Waals surface area contributed by atoms with Gasteiger partial charge < -0.3 is 10.2 Å². The van der Waals surface area contributed by atoms with Crippen molar-refractivity contribution < 1.29 is 13.2 Å². The van der Waals surface area contributed by atoms with Gasteiger partial charge in [-0.2, -0.15) is 13.2 Å². The number of nitrogens with zero attached hydrogens (tertiary/aromatic N) is 3. The first-order valence-electron chi connectivity index (χ1n) is 8.76. The summed E-state index contributed by atoms with van der Waals surface area (Å²) in [5.41, 5.74) is 1.17. The van der Waals surface area contributed by atoms with Crippen molar-refractivity contribution in [1.29, 1.82) is 0 Å². The van der Waals surface area contributed by atoms with Gasteiger partial charge in [-0.15, -0.1) is 0 Å². The maximum atomic E-state index is 12.6. The summed E-state index contributed by atoms with van der Waals surface area (Å²) >= 11 is 5.41. The van der Waals surface area contributed by atoms with Gasteiger partial charge in [-0.3, -0.25) is 9.88 Å². The Labute approximate surface area is 162 Å². The summed E-state index contributed by atoms with van der Waals surface area (Å²) in [6, 6.07) is 8.98. The Bertz CT molecular complexity index is 742. The second-order valence-corrected chi connectivity index (χ2v) is 6.83. The van der Waals surface area contributed by atoms with Crippen LogP contribution in [-0.4, -0.2) is 52.6 Å². The normalized spacial score (nSPS) is 15.6. The van der Waals surface area contributed by atoms with Crippen molar-refractivity contribution >= 4 is 23.0 Å². The molecular formula is C19H21F3N4S. The Balaban J connectivity index is 1.44. The molecule has 27 heavy (non-hydrogen) atoms. The Morgan fingerprint density at radius 3 is 2.22 bits per heavy atom. The van der Waals surface area contributed by atoms with E-state index in [1.54, 1.807) is 12.4 Å². The number of hydrogen-bond donors (Lipinski definition) is 1. The third-order valence-corrected chi connectivity index (χ3v) is 4.95. The van der Waals surface area contributed by atoms with Crippen molar-refractivity contribution in [2.75, 3.05) is 38.0 Å². The summed E-state index contributed by atoms with van der Waals surface area (Å²) in [4.78, 5) is 8.46. The Kier molecular flexibility index (Phi) is 6.28. The summed E-state index contributed by atoms with van der Waals surface area (Å²) < 4.78 is 37.9. The van der Waals surface area contributed by atoms with Crippen LogP contribution in [0.5, 0.6) is 0 Å². The molecule has 0 atom stereocenters. The molecule has 1 N–H and O–H groups in total. The number of pyridine rings is 1. The first-order valence-corrected chi connectivity index (χ1v) is 9.17. The van der Waals surface area contributed by atoms with Gasteiger partial charge in [-0.1, -0.05) is 0 Å². The number of benzene rings is 1. The number of alkyl halides is 3. The summed E-state index contributed by atoms with van der Waals surface area (Å²) in [6.45, 7) is 4.38. The van der Waals surface area contributed by atoms with Crippen LogP contribution in [0.1, 0.15) is 11.1 Å². The van der Waals surface area contributed by atoms with Gasteiger partial charge in [-0.05, 0) is 60.6 Å². The van der Waals surface area contributed by atoms with Gasteiger partial charge in [0.1, 0.15) is 0 Å². The second-order valence-electron chi connectivity index (χ2n) is 6.44. The fourth-order valence-corrected chi connectivity index (χ4v) is 3.26. The van der Waals surface area contributed by atoms with E-state index in [9.17, 15) is 13.2 Å². The first kappa shape index (κ1) is 19.6. The smallest absolute Gasteiger partial charge is 0.346 e. The molecule has 3 rings (SSSR count). The van der Waals surface area contributed by atoms with Crippen molar-refractivity contribution in [1.82, 2.24) is 14.8 Å². The van der Waals surface area contributed by atoms with E-state index < -0.39 is 11.7 Å². The molecule has 0 unspecified atom stereocenters. The lowest BCUT2D eigenvalue weighted by Gasteiger charge is -2.36. The third-order valence-electron chi connectivity index (χ3n) is 4.59.